The van der Waals surface area contributed by atoms with Gasteiger partial charge in [0.25, 0.3) is 0 Å². The predicted molar refractivity (Wildman–Crippen MR) is 77.8 cm³/mol. The summed E-state index contributed by atoms with van der Waals surface area (Å²) in [6.07, 6.45) is 3.95. The van der Waals surface area contributed by atoms with Crippen molar-refractivity contribution in [1.29, 1.82) is 0 Å². The van der Waals surface area contributed by atoms with Crippen LogP contribution in [0.25, 0.3) is 0 Å². The molecule has 1 saturated carbocycles. The number of carbonyl (C=O) groups excluding carboxylic acids is 1. The van der Waals surface area contributed by atoms with Gasteiger partial charge in [0.1, 0.15) is 0 Å². The highest BCUT2D eigenvalue weighted by atomic mass is 32.2. The zero-order valence-corrected chi connectivity index (χ0v) is 12.6. The molecule has 1 fully saturated rings. The van der Waals surface area contributed by atoms with E-state index in [0.29, 0.717) is 11.3 Å². The largest absolute Gasteiger partial charge is 0.326 e. The van der Waals surface area contributed by atoms with Crippen molar-refractivity contribution in [1.82, 2.24) is 0 Å². The van der Waals surface area contributed by atoms with E-state index >= 15 is 0 Å². The summed E-state index contributed by atoms with van der Waals surface area (Å²) in [6.45, 7) is 3.63. The van der Waals surface area contributed by atoms with Gasteiger partial charge in [-0.2, -0.15) is 0 Å². The molecule has 0 aromatic heterocycles. The van der Waals surface area contributed by atoms with Gasteiger partial charge in [-0.3, -0.25) is 4.79 Å². The first-order valence-corrected chi connectivity index (χ1v) is 8.22. The molecular weight excluding hydrogens is 276 g/mol. The summed E-state index contributed by atoms with van der Waals surface area (Å²) >= 11 is 0. The molecule has 5 nitrogen and oxygen atoms in total. The van der Waals surface area contributed by atoms with Crippen LogP contribution in [0.2, 0.25) is 0 Å². The van der Waals surface area contributed by atoms with Gasteiger partial charge in [0.2, 0.25) is 15.9 Å². The number of carbonyl (C=O) groups is 1. The number of benzene rings is 1. The van der Waals surface area contributed by atoms with E-state index in [1.807, 2.05) is 6.92 Å². The van der Waals surface area contributed by atoms with E-state index in [2.05, 4.69) is 5.32 Å². The molecule has 6 heteroatoms. The summed E-state index contributed by atoms with van der Waals surface area (Å²) in [7, 11) is -3.72. The van der Waals surface area contributed by atoms with Crippen molar-refractivity contribution < 1.29 is 13.2 Å². The normalized spacial score (nSPS) is 17.9. The molecule has 1 amide bonds. The molecule has 0 aliphatic heterocycles. The zero-order chi connectivity index (χ0) is 15.0. The Hall–Kier alpha value is -1.40. The Morgan fingerprint density at radius 3 is 2.40 bits per heavy atom. The summed E-state index contributed by atoms with van der Waals surface area (Å²) in [6, 6.07) is 4.64. The molecule has 0 radical (unpaired) electrons. The van der Waals surface area contributed by atoms with E-state index in [9.17, 15) is 13.2 Å². The number of hydrogen-bond acceptors (Lipinski definition) is 3. The van der Waals surface area contributed by atoms with Crippen LogP contribution in [0.1, 0.15) is 38.2 Å². The third-order valence-corrected chi connectivity index (χ3v) is 5.07. The lowest BCUT2D eigenvalue weighted by atomic mass is 9.88. The quantitative estimate of drug-likeness (QED) is 0.895. The van der Waals surface area contributed by atoms with Crippen LogP contribution in [0.15, 0.2) is 23.1 Å². The number of anilines is 1. The highest BCUT2D eigenvalue weighted by Gasteiger charge is 2.36. The van der Waals surface area contributed by atoms with Crippen LogP contribution in [0.4, 0.5) is 5.69 Å². The van der Waals surface area contributed by atoms with E-state index in [4.69, 9.17) is 5.14 Å². The van der Waals surface area contributed by atoms with E-state index in [1.54, 1.807) is 19.1 Å². The van der Waals surface area contributed by atoms with Gasteiger partial charge in [-0.1, -0.05) is 19.8 Å². The minimum Gasteiger partial charge on any atom is -0.326 e. The van der Waals surface area contributed by atoms with Gasteiger partial charge in [0, 0.05) is 11.1 Å². The SMILES string of the molecule is Cc1cc(NC(=O)C2(C)CCCC2)ccc1S(N)(=O)=O. The molecule has 0 unspecified atom stereocenters. The van der Waals surface area contributed by atoms with E-state index in [1.165, 1.54) is 6.07 Å². The monoisotopic (exact) mass is 296 g/mol. The maximum Gasteiger partial charge on any atom is 0.238 e. The number of rotatable bonds is 3. The number of aryl methyl sites for hydroxylation is 1. The Kier molecular flexibility index (Phi) is 3.88. The predicted octanol–water partition coefficient (Wildman–Crippen LogP) is 2.16. The van der Waals surface area contributed by atoms with Gasteiger partial charge in [0.05, 0.1) is 4.90 Å². The second kappa shape index (κ2) is 5.18. The number of primary sulfonamides is 1. The summed E-state index contributed by atoms with van der Waals surface area (Å²) < 4.78 is 22.7. The lowest BCUT2D eigenvalue weighted by Crippen LogP contribution is -2.30. The Bertz CT molecular complexity index is 632. The first-order chi connectivity index (χ1) is 9.22. The van der Waals surface area contributed by atoms with E-state index in [-0.39, 0.29) is 16.2 Å². The van der Waals surface area contributed by atoms with Crippen LogP contribution in [0, 0.1) is 12.3 Å². The average Bonchev–Trinajstić information content (AvgIpc) is 2.76. The fourth-order valence-corrected chi connectivity index (χ4v) is 3.48. The van der Waals surface area contributed by atoms with Crippen LogP contribution in [-0.4, -0.2) is 14.3 Å². The number of nitrogens with two attached hydrogens (primary N) is 1. The Morgan fingerprint density at radius 2 is 1.90 bits per heavy atom. The van der Waals surface area contributed by atoms with Crippen LogP contribution in [-0.2, 0) is 14.8 Å². The third-order valence-electron chi connectivity index (χ3n) is 3.99. The van der Waals surface area contributed by atoms with Crippen LogP contribution >= 0.6 is 0 Å². The summed E-state index contributed by atoms with van der Waals surface area (Å²) in [5, 5.41) is 7.98. The molecule has 1 aliphatic rings. The van der Waals surface area contributed by atoms with Crippen molar-refractivity contribution >= 4 is 21.6 Å². The van der Waals surface area contributed by atoms with Gasteiger partial charge in [-0.25, -0.2) is 13.6 Å². The van der Waals surface area contributed by atoms with Crippen molar-refractivity contribution in [3.63, 3.8) is 0 Å². The highest BCUT2D eigenvalue weighted by molar-refractivity contribution is 7.89. The topological polar surface area (TPSA) is 89.3 Å². The van der Waals surface area contributed by atoms with E-state index < -0.39 is 10.0 Å². The lowest BCUT2D eigenvalue weighted by molar-refractivity contribution is -0.124. The number of hydrogen-bond donors (Lipinski definition) is 2. The van der Waals surface area contributed by atoms with Crippen LogP contribution in [0.5, 0.6) is 0 Å². The molecule has 0 atom stereocenters. The van der Waals surface area contributed by atoms with Gasteiger partial charge in [-0.05, 0) is 43.5 Å². The Balaban J connectivity index is 2.19. The fraction of sp³-hybridized carbons (Fsp3) is 0.500. The molecule has 1 aliphatic carbocycles. The maximum atomic E-state index is 12.3. The van der Waals surface area contributed by atoms with E-state index in [0.717, 1.165) is 25.7 Å². The molecule has 2 rings (SSSR count). The molecular formula is C14H20N2O3S. The van der Waals surface area contributed by atoms with Crippen molar-refractivity contribution in [3.05, 3.63) is 23.8 Å². The number of nitrogens with one attached hydrogen (secondary N) is 1. The van der Waals surface area contributed by atoms with Gasteiger partial charge in [0.15, 0.2) is 0 Å². The molecule has 0 heterocycles. The number of sulfonamides is 1. The molecule has 3 N–H and O–H groups in total. The first-order valence-electron chi connectivity index (χ1n) is 6.67. The standard InChI is InChI=1S/C14H20N2O3S/c1-10-9-11(5-6-12(10)20(15,18)19)16-13(17)14(2)7-3-4-8-14/h5-6,9H,3-4,7-8H2,1-2H3,(H,16,17)(H2,15,18,19). The summed E-state index contributed by atoms with van der Waals surface area (Å²) in [5.74, 6) is -0.00208. The minimum atomic E-state index is -3.72. The molecule has 0 bridgehead atoms. The molecule has 0 saturated heterocycles. The third kappa shape index (κ3) is 3.02. The second-order valence-electron chi connectivity index (χ2n) is 5.75. The highest BCUT2D eigenvalue weighted by Crippen LogP contribution is 2.38. The Morgan fingerprint density at radius 1 is 1.30 bits per heavy atom. The van der Waals surface area contributed by atoms with Crippen molar-refractivity contribution in [3.8, 4) is 0 Å². The molecule has 20 heavy (non-hydrogen) atoms. The van der Waals surface area contributed by atoms with Gasteiger partial charge < -0.3 is 5.32 Å². The minimum absolute atomic E-state index is 0.00208. The fourth-order valence-electron chi connectivity index (χ4n) is 2.71. The van der Waals surface area contributed by atoms with Crippen molar-refractivity contribution in [2.45, 2.75) is 44.4 Å². The summed E-state index contributed by atoms with van der Waals surface area (Å²) in [5.41, 5.74) is 0.821. The smallest absolute Gasteiger partial charge is 0.238 e. The second-order valence-corrected chi connectivity index (χ2v) is 7.28. The zero-order valence-electron chi connectivity index (χ0n) is 11.8. The number of amides is 1. The van der Waals surface area contributed by atoms with Crippen molar-refractivity contribution in [2.24, 2.45) is 10.6 Å². The van der Waals surface area contributed by atoms with Gasteiger partial charge in [-0.15, -0.1) is 0 Å². The Labute approximate surface area is 119 Å². The van der Waals surface area contributed by atoms with Gasteiger partial charge >= 0.3 is 0 Å². The molecule has 1 aromatic carbocycles. The summed E-state index contributed by atoms with van der Waals surface area (Å²) in [4.78, 5) is 12.4. The lowest BCUT2D eigenvalue weighted by Gasteiger charge is -2.22. The van der Waals surface area contributed by atoms with Crippen LogP contribution in [0.3, 0.4) is 0 Å². The first kappa shape index (κ1) is 15.0. The molecule has 1 aromatic rings. The molecule has 0 spiro atoms. The van der Waals surface area contributed by atoms with Crippen molar-refractivity contribution in [2.75, 3.05) is 5.32 Å². The molecule has 110 valence electrons. The average molecular weight is 296 g/mol. The maximum absolute atomic E-state index is 12.3. The van der Waals surface area contributed by atoms with Crippen LogP contribution < -0.4 is 10.5 Å².